The fraction of sp³-hybridized carbons (Fsp3) is 0.333. The summed E-state index contributed by atoms with van der Waals surface area (Å²) in [5.74, 6) is -1.48. The highest BCUT2D eigenvalue weighted by atomic mass is 32.2. The van der Waals surface area contributed by atoms with Crippen LogP contribution in [0.2, 0.25) is 0 Å². The zero-order chi connectivity index (χ0) is 24.5. The lowest BCUT2D eigenvalue weighted by Gasteiger charge is -2.14. The predicted molar refractivity (Wildman–Crippen MR) is 117 cm³/mol. The molecule has 8 nitrogen and oxygen atoms in total. The summed E-state index contributed by atoms with van der Waals surface area (Å²) in [7, 11) is -3.27. The average Bonchev–Trinajstić information content (AvgIpc) is 3.36. The van der Waals surface area contributed by atoms with Gasteiger partial charge in [0.1, 0.15) is 0 Å². The molecular weight excluding hydrogens is 491 g/mol. The van der Waals surface area contributed by atoms with Gasteiger partial charge in [0.15, 0.2) is 14.8 Å². The molecule has 0 atom stereocenters. The molecule has 13 heteroatoms. The third kappa shape index (κ3) is 5.42. The van der Waals surface area contributed by atoms with Crippen molar-refractivity contribution in [3.8, 4) is 0 Å². The van der Waals surface area contributed by atoms with Gasteiger partial charge in [-0.25, -0.2) is 23.4 Å². The Kier molecular flexibility index (Phi) is 6.69. The maximum atomic E-state index is 12.6. The molecule has 0 radical (unpaired) electrons. The summed E-state index contributed by atoms with van der Waals surface area (Å²) >= 11 is 1.27. The molecule has 1 N–H and O–H groups in total. The van der Waals surface area contributed by atoms with Crippen molar-refractivity contribution in [3.63, 3.8) is 0 Å². The van der Waals surface area contributed by atoms with Crippen molar-refractivity contribution in [2.24, 2.45) is 0 Å². The third-order valence-electron chi connectivity index (χ3n) is 5.19. The first-order valence-electron chi connectivity index (χ1n) is 10.2. The SMILES string of the molecule is CCS(=O)(=O)c1ccc(CNC(=O)c2nc3c(s2)CN(Cc2cnc(C(F)(F)F)nc2)C3)cc1. The number of aromatic nitrogens is 3. The van der Waals surface area contributed by atoms with Crippen LogP contribution >= 0.6 is 11.3 Å². The molecule has 0 saturated carbocycles. The van der Waals surface area contributed by atoms with E-state index >= 15 is 0 Å². The molecule has 0 unspecified atom stereocenters. The minimum absolute atomic E-state index is 0.0212. The van der Waals surface area contributed by atoms with Crippen LogP contribution in [-0.4, -0.2) is 39.9 Å². The van der Waals surface area contributed by atoms with E-state index in [0.29, 0.717) is 30.2 Å². The normalized spacial score (nSPS) is 14.2. The molecule has 0 bridgehead atoms. The summed E-state index contributed by atoms with van der Waals surface area (Å²) < 4.78 is 61.5. The van der Waals surface area contributed by atoms with E-state index in [4.69, 9.17) is 0 Å². The molecule has 180 valence electrons. The number of halogens is 3. The first-order chi connectivity index (χ1) is 16.0. The first kappa shape index (κ1) is 24.2. The van der Waals surface area contributed by atoms with Gasteiger partial charge in [-0.2, -0.15) is 13.2 Å². The van der Waals surface area contributed by atoms with Gasteiger partial charge in [-0.1, -0.05) is 19.1 Å². The molecule has 1 aliphatic rings. The molecule has 34 heavy (non-hydrogen) atoms. The second-order valence-electron chi connectivity index (χ2n) is 7.68. The van der Waals surface area contributed by atoms with E-state index in [2.05, 4.69) is 20.3 Å². The topological polar surface area (TPSA) is 105 Å². The van der Waals surface area contributed by atoms with Crippen LogP contribution in [0.4, 0.5) is 13.2 Å². The Balaban J connectivity index is 1.31. The maximum Gasteiger partial charge on any atom is 0.451 e. The van der Waals surface area contributed by atoms with Crippen molar-refractivity contribution >= 4 is 27.1 Å². The molecule has 2 aromatic heterocycles. The van der Waals surface area contributed by atoms with Crippen LogP contribution in [0.5, 0.6) is 0 Å². The quantitative estimate of drug-likeness (QED) is 0.519. The van der Waals surface area contributed by atoms with E-state index in [-0.39, 0.29) is 23.1 Å². The van der Waals surface area contributed by atoms with Gasteiger partial charge < -0.3 is 5.32 Å². The number of nitrogens with zero attached hydrogens (tertiary/aromatic N) is 4. The van der Waals surface area contributed by atoms with Crippen molar-refractivity contribution in [2.75, 3.05) is 5.75 Å². The molecular formula is C21H20F3N5O3S2. The number of carbonyl (C=O) groups excluding carboxylic acids is 1. The van der Waals surface area contributed by atoms with Crippen LogP contribution in [0.15, 0.2) is 41.6 Å². The highest BCUT2D eigenvalue weighted by Crippen LogP contribution is 2.30. The molecule has 4 rings (SSSR count). The van der Waals surface area contributed by atoms with Crippen LogP contribution < -0.4 is 5.32 Å². The number of hydrogen-bond acceptors (Lipinski definition) is 8. The van der Waals surface area contributed by atoms with Gasteiger partial charge in [0.25, 0.3) is 5.91 Å². The Hall–Kier alpha value is -2.90. The monoisotopic (exact) mass is 511 g/mol. The smallest absolute Gasteiger partial charge is 0.346 e. The fourth-order valence-electron chi connectivity index (χ4n) is 3.39. The van der Waals surface area contributed by atoms with Crippen LogP contribution in [0, 0.1) is 0 Å². The summed E-state index contributed by atoms with van der Waals surface area (Å²) in [5.41, 5.74) is 2.08. The van der Waals surface area contributed by atoms with E-state index in [0.717, 1.165) is 16.1 Å². The first-order valence-corrected chi connectivity index (χ1v) is 12.7. The zero-order valence-corrected chi connectivity index (χ0v) is 19.6. The molecule has 1 amide bonds. The number of benzene rings is 1. The number of sulfone groups is 1. The van der Waals surface area contributed by atoms with Gasteiger partial charge in [0.05, 0.1) is 16.3 Å². The van der Waals surface area contributed by atoms with Crippen LogP contribution in [0.25, 0.3) is 0 Å². The Morgan fingerprint density at radius 2 is 1.79 bits per heavy atom. The maximum absolute atomic E-state index is 12.6. The largest absolute Gasteiger partial charge is 0.451 e. The number of nitrogens with one attached hydrogen (secondary N) is 1. The Morgan fingerprint density at radius 3 is 2.38 bits per heavy atom. The molecule has 3 aromatic rings. The average molecular weight is 512 g/mol. The van der Waals surface area contributed by atoms with Gasteiger partial charge in [0, 0.05) is 49.0 Å². The van der Waals surface area contributed by atoms with Crippen molar-refractivity contribution in [2.45, 2.75) is 44.2 Å². The minimum Gasteiger partial charge on any atom is -0.346 e. The molecule has 0 spiro atoms. The van der Waals surface area contributed by atoms with Gasteiger partial charge in [-0.3, -0.25) is 9.69 Å². The van der Waals surface area contributed by atoms with Crippen molar-refractivity contribution in [3.05, 3.63) is 69.2 Å². The standard InChI is InChI=1S/C21H20F3N5O3S2/c1-2-34(31,32)15-5-3-13(4-6-15)7-25-18(30)19-28-16-11-29(12-17(16)33-19)10-14-8-26-20(27-9-14)21(22,23)24/h3-6,8-9H,2,7,10-12H2,1H3,(H,25,30). The lowest BCUT2D eigenvalue weighted by atomic mass is 10.2. The van der Waals surface area contributed by atoms with Gasteiger partial charge in [0.2, 0.25) is 5.82 Å². The van der Waals surface area contributed by atoms with Crippen LogP contribution in [0.1, 0.15) is 44.2 Å². The van der Waals surface area contributed by atoms with Crippen molar-refractivity contribution in [1.82, 2.24) is 25.2 Å². The lowest BCUT2D eigenvalue weighted by molar-refractivity contribution is -0.145. The second kappa shape index (κ2) is 9.39. The van der Waals surface area contributed by atoms with Gasteiger partial charge >= 0.3 is 6.18 Å². The molecule has 0 fully saturated rings. The Bertz CT molecular complexity index is 1270. The van der Waals surface area contributed by atoms with E-state index < -0.39 is 21.8 Å². The number of rotatable bonds is 7. The molecule has 0 saturated heterocycles. The van der Waals surface area contributed by atoms with E-state index in [9.17, 15) is 26.4 Å². The van der Waals surface area contributed by atoms with E-state index in [1.165, 1.54) is 35.9 Å². The fourth-order valence-corrected chi connectivity index (χ4v) is 5.30. The Morgan fingerprint density at radius 1 is 1.12 bits per heavy atom. The Labute approximate surface area is 197 Å². The minimum atomic E-state index is -4.57. The summed E-state index contributed by atoms with van der Waals surface area (Å²) in [5, 5.41) is 3.11. The molecule has 0 aliphatic carbocycles. The number of hydrogen-bond donors (Lipinski definition) is 1. The highest BCUT2D eigenvalue weighted by Gasteiger charge is 2.34. The highest BCUT2D eigenvalue weighted by molar-refractivity contribution is 7.91. The summed E-state index contributed by atoms with van der Waals surface area (Å²) in [6.07, 6.45) is -2.24. The number of fused-ring (bicyclic) bond motifs is 1. The van der Waals surface area contributed by atoms with E-state index in [1.807, 2.05) is 4.90 Å². The number of thiazole rings is 1. The summed E-state index contributed by atoms with van der Waals surface area (Å²) in [6, 6.07) is 6.37. The molecule has 1 aromatic carbocycles. The number of amides is 1. The van der Waals surface area contributed by atoms with Gasteiger partial charge in [-0.15, -0.1) is 11.3 Å². The summed E-state index contributed by atoms with van der Waals surface area (Å²) in [6.45, 7) is 3.17. The summed E-state index contributed by atoms with van der Waals surface area (Å²) in [4.78, 5) is 26.8. The number of alkyl halides is 3. The molecule has 3 heterocycles. The number of carbonyl (C=O) groups is 1. The lowest BCUT2D eigenvalue weighted by Crippen LogP contribution is -2.23. The third-order valence-corrected chi connectivity index (χ3v) is 8.03. The van der Waals surface area contributed by atoms with Crippen molar-refractivity contribution in [1.29, 1.82) is 0 Å². The van der Waals surface area contributed by atoms with Gasteiger partial charge in [-0.05, 0) is 17.7 Å². The van der Waals surface area contributed by atoms with Crippen LogP contribution in [0.3, 0.4) is 0 Å². The molecule has 1 aliphatic heterocycles. The van der Waals surface area contributed by atoms with Crippen molar-refractivity contribution < 1.29 is 26.4 Å². The zero-order valence-electron chi connectivity index (χ0n) is 18.0. The predicted octanol–water partition coefficient (Wildman–Crippen LogP) is 3.19. The van der Waals surface area contributed by atoms with E-state index in [1.54, 1.807) is 19.1 Å². The second-order valence-corrected chi connectivity index (χ2v) is 11.0. The van der Waals surface area contributed by atoms with Crippen LogP contribution in [-0.2, 0) is 42.2 Å².